The third kappa shape index (κ3) is 3.57. The van der Waals surface area contributed by atoms with Gasteiger partial charge in [0, 0.05) is 22.4 Å². The molecule has 5 heteroatoms. The van der Waals surface area contributed by atoms with Gasteiger partial charge in [0.1, 0.15) is 0 Å². The average Bonchev–Trinajstić information content (AvgIpc) is 2.20. The SMILES string of the molecule is CC(C)Oc1cc(SCCO)c(N)cc1F. The number of rotatable bonds is 5. The highest BCUT2D eigenvalue weighted by Gasteiger charge is 2.10. The Hall–Kier alpha value is -0.940. The van der Waals surface area contributed by atoms with E-state index < -0.39 is 5.82 Å². The summed E-state index contributed by atoms with van der Waals surface area (Å²) in [6.45, 7) is 3.72. The van der Waals surface area contributed by atoms with Crippen molar-refractivity contribution in [3.8, 4) is 5.75 Å². The van der Waals surface area contributed by atoms with Crippen LogP contribution in [-0.4, -0.2) is 23.6 Å². The van der Waals surface area contributed by atoms with Gasteiger partial charge in [-0.3, -0.25) is 0 Å². The second kappa shape index (κ2) is 5.96. The van der Waals surface area contributed by atoms with E-state index in [1.165, 1.54) is 17.8 Å². The first-order valence-electron chi connectivity index (χ1n) is 5.04. The fraction of sp³-hybridized carbons (Fsp3) is 0.455. The fourth-order valence-electron chi connectivity index (χ4n) is 1.17. The number of ether oxygens (including phenoxy) is 1. The molecule has 0 atom stereocenters. The summed E-state index contributed by atoms with van der Waals surface area (Å²) in [7, 11) is 0. The predicted molar refractivity (Wildman–Crippen MR) is 64.4 cm³/mol. The Morgan fingerprint density at radius 2 is 2.19 bits per heavy atom. The maximum Gasteiger partial charge on any atom is 0.167 e. The summed E-state index contributed by atoms with van der Waals surface area (Å²) in [5, 5.41) is 8.72. The zero-order chi connectivity index (χ0) is 12.1. The lowest BCUT2D eigenvalue weighted by molar-refractivity contribution is 0.230. The Morgan fingerprint density at radius 3 is 2.75 bits per heavy atom. The predicted octanol–water partition coefficient (Wildman–Crippen LogP) is 2.28. The van der Waals surface area contributed by atoms with Crippen LogP contribution >= 0.6 is 11.8 Å². The molecule has 1 rings (SSSR count). The Kier molecular flexibility index (Phi) is 4.89. The van der Waals surface area contributed by atoms with Gasteiger partial charge in [-0.1, -0.05) is 0 Å². The quantitative estimate of drug-likeness (QED) is 0.617. The van der Waals surface area contributed by atoms with E-state index in [0.29, 0.717) is 11.4 Å². The molecular weight excluding hydrogens is 229 g/mol. The first kappa shape index (κ1) is 13.1. The van der Waals surface area contributed by atoms with Gasteiger partial charge in [-0.2, -0.15) is 0 Å². The van der Waals surface area contributed by atoms with Gasteiger partial charge in [-0.25, -0.2) is 4.39 Å². The number of benzene rings is 1. The molecule has 3 nitrogen and oxygen atoms in total. The number of nitrogen functional groups attached to an aromatic ring is 1. The van der Waals surface area contributed by atoms with Crippen LogP contribution in [0.5, 0.6) is 5.75 Å². The van der Waals surface area contributed by atoms with Crippen molar-refractivity contribution >= 4 is 17.4 Å². The Morgan fingerprint density at radius 1 is 1.50 bits per heavy atom. The van der Waals surface area contributed by atoms with Gasteiger partial charge in [-0.05, 0) is 19.9 Å². The monoisotopic (exact) mass is 245 g/mol. The first-order valence-corrected chi connectivity index (χ1v) is 6.02. The normalized spacial score (nSPS) is 10.8. The molecule has 0 radical (unpaired) electrons. The van der Waals surface area contributed by atoms with E-state index in [4.69, 9.17) is 15.6 Å². The van der Waals surface area contributed by atoms with Crippen LogP contribution in [0.3, 0.4) is 0 Å². The molecule has 0 aliphatic heterocycles. The molecule has 0 saturated heterocycles. The van der Waals surface area contributed by atoms with Crippen molar-refractivity contribution in [3.63, 3.8) is 0 Å². The van der Waals surface area contributed by atoms with Crippen LogP contribution in [0.15, 0.2) is 17.0 Å². The molecule has 0 amide bonds. The Bertz CT molecular complexity index is 358. The molecule has 3 N–H and O–H groups in total. The standard InChI is InChI=1S/C11H16FNO2S/c1-7(2)15-10-6-11(16-4-3-14)9(13)5-8(10)12/h5-7,14H,3-4,13H2,1-2H3. The number of nitrogens with two attached hydrogens (primary N) is 1. The van der Waals surface area contributed by atoms with Crippen molar-refractivity contribution in [1.29, 1.82) is 0 Å². The molecule has 16 heavy (non-hydrogen) atoms. The fourth-order valence-corrected chi connectivity index (χ4v) is 1.90. The lowest BCUT2D eigenvalue weighted by Gasteiger charge is -2.13. The summed E-state index contributed by atoms with van der Waals surface area (Å²) >= 11 is 1.38. The molecule has 0 saturated carbocycles. The average molecular weight is 245 g/mol. The minimum atomic E-state index is -0.459. The van der Waals surface area contributed by atoms with Gasteiger partial charge in [0.2, 0.25) is 0 Å². The summed E-state index contributed by atoms with van der Waals surface area (Å²) < 4.78 is 18.8. The molecule has 0 aromatic heterocycles. The summed E-state index contributed by atoms with van der Waals surface area (Å²) in [5.41, 5.74) is 6.03. The van der Waals surface area contributed by atoms with Crippen molar-refractivity contribution in [1.82, 2.24) is 0 Å². The summed E-state index contributed by atoms with van der Waals surface area (Å²) in [6, 6.07) is 2.82. The van der Waals surface area contributed by atoms with E-state index in [-0.39, 0.29) is 18.5 Å². The van der Waals surface area contributed by atoms with Gasteiger partial charge >= 0.3 is 0 Å². The summed E-state index contributed by atoms with van der Waals surface area (Å²) in [4.78, 5) is 0.728. The topological polar surface area (TPSA) is 55.5 Å². The molecule has 1 aromatic rings. The molecule has 1 aromatic carbocycles. The van der Waals surface area contributed by atoms with Gasteiger partial charge in [0.05, 0.1) is 12.7 Å². The molecule has 0 spiro atoms. The molecule has 90 valence electrons. The number of hydrogen-bond donors (Lipinski definition) is 2. The smallest absolute Gasteiger partial charge is 0.167 e. The number of halogens is 1. The largest absolute Gasteiger partial charge is 0.488 e. The van der Waals surface area contributed by atoms with E-state index in [1.54, 1.807) is 6.07 Å². The highest BCUT2D eigenvalue weighted by molar-refractivity contribution is 7.99. The highest BCUT2D eigenvalue weighted by atomic mass is 32.2. The van der Waals surface area contributed by atoms with Crippen molar-refractivity contribution in [2.75, 3.05) is 18.1 Å². The zero-order valence-electron chi connectivity index (χ0n) is 9.37. The van der Waals surface area contributed by atoms with E-state index in [0.717, 1.165) is 4.90 Å². The van der Waals surface area contributed by atoms with Gasteiger partial charge in [0.25, 0.3) is 0 Å². The lowest BCUT2D eigenvalue weighted by atomic mass is 10.3. The van der Waals surface area contributed by atoms with Crippen molar-refractivity contribution in [2.24, 2.45) is 0 Å². The van der Waals surface area contributed by atoms with E-state index in [9.17, 15) is 4.39 Å². The van der Waals surface area contributed by atoms with Crippen LogP contribution in [0, 0.1) is 5.82 Å². The van der Waals surface area contributed by atoms with Crippen LogP contribution < -0.4 is 10.5 Å². The molecule has 0 bridgehead atoms. The number of hydrogen-bond acceptors (Lipinski definition) is 4. The van der Waals surface area contributed by atoms with Crippen molar-refractivity contribution in [2.45, 2.75) is 24.8 Å². The second-order valence-corrected chi connectivity index (χ2v) is 4.70. The third-order valence-electron chi connectivity index (χ3n) is 1.78. The molecule has 0 aliphatic carbocycles. The Balaban J connectivity index is 2.92. The first-order chi connectivity index (χ1) is 7.54. The highest BCUT2D eigenvalue weighted by Crippen LogP contribution is 2.31. The molecule has 0 aliphatic rings. The number of thioether (sulfide) groups is 1. The van der Waals surface area contributed by atoms with Crippen LogP contribution in [0.4, 0.5) is 10.1 Å². The van der Waals surface area contributed by atoms with Crippen LogP contribution in [0.1, 0.15) is 13.8 Å². The van der Waals surface area contributed by atoms with Crippen LogP contribution in [0.2, 0.25) is 0 Å². The van der Waals surface area contributed by atoms with Gasteiger partial charge < -0.3 is 15.6 Å². The maximum absolute atomic E-state index is 13.4. The maximum atomic E-state index is 13.4. The lowest BCUT2D eigenvalue weighted by Crippen LogP contribution is -2.07. The number of aliphatic hydroxyl groups is 1. The minimum absolute atomic E-state index is 0.0574. The molecular formula is C11H16FNO2S. The van der Waals surface area contributed by atoms with E-state index >= 15 is 0 Å². The Labute approximate surface area is 98.8 Å². The molecule has 0 unspecified atom stereocenters. The third-order valence-corrected chi connectivity index (χ3v) is 2.83. The van der Waals surface area contributed by atoms with E-state index in [1.807, 2.05) is 13.8 Å². The summed E-state index contributed by atoms with van der Waals surface area (Å²) in [6.07, 6.45) is -0.0891. The van der Waals surface area contributed by atoms with Crippen LogP contribution in [0.25, 0.3) is 0 Å². The second-order valence-electron chi connectivity index (χ2n) is 3.56. The van der Waals surface area contributed by atoms with Crippen molar-refractivity contribution in [3.05, 3.63) is 17.9 Å². The van der Waals surface area contributed by atoms with Gasteiger partial charge in [0.15, 0.2) is 11.6 Å². The number of anilines is 1. The van der Waals surface area contributed by atoms with E-state index in [2.05, 4.69) is 0 Å². The zero-order valence-corrected chi connectivity index (χ0v) is 10.2. The molecule has 0 heterocycles. The number of aliphatic hydroxyl groups excluding tert-OH is 1. The van der Waals surface area contributed by atoms with Crippen LogP contribution in [-0.2, 0) is 0 Å². The molecule has 0 fully saturated rings. The minimum Gasteiger partial charge on any atom is -0.488 e. The van der Waals surface area contributed by atoms with Gasteiger partial charge in [-0.15, -0.1) is 11.8 Å². The summed E-state index contributed by atoms with van der Waals surface area (Å²) in [5.74, 6) is 0.265. The van der Waals surface area contributed by atoms with Crippen molar-refractivity contribution < 1.29 is 14.2 Å².